The average Bonchev–Trinajstić information content (AvgIpc) is 2.65. The first-order valence-corrected chi connectivity index (χ1v) is 6.30. The molecule has 0 aromatic heterocycles. The predicted octanol–water partition coefficient (Wildman–Crippen LogP) is 2.75. The van der Waals surface area contributed by atoms with Gasteiger partial charge in [-0.15, -0.1) is 0 Å². The van der Waals surface area contributed by atoms with Gasteiger partial charge < -0.3 is 16.4 Å². The van der Waals surface area contributed by atoms with E-state index >= 15 is 0 Å². The van der Waals surface area contributed by atoms with Crippen molar-refractivity contribution >= 4 is 28.8 Å². The van der Waals surface area contributed by atoms with Gasteiger partial charge in [0.1, 0.15) is 5.50 Å². The molecule has 1 aliphatic rings. The van der Waals surface area contributed by atoms with Crippen LogP contribution >= 0.6 is 11.8 Å². The third-order valence-electron chi connectivity index (χ3n) is 2.78. The van der Waals surface area contributed by atoms with Crippen molar-refractivity contribution in [1.29, 1.82) is 0 Å². The Kier molecular flexibility index (Phi) is 2.46. The first-order valence-electron chi connectivity index (χ1n) is 5.42. The van der Waals surface area contributed by atoms with Crippen LogP contribution in [-0.2, 0) is 0 Å². The minimum absolute atomic E-state index is 0.0887. The van der Waals surface area contributed by atoms with E-state index in [0.29, 0.717) is 0 Å². The highest BCUT2D eigenvalue weighted by atomic mass is 32.2. The van der Waals surface area contributed by atoms with Crippen LogP contribution in [0.3, 0.4) is 0 Å². The van der Waals surface area contributed by atoms with Crippen LogP contribution in [0.2, 0.25) is 0 Å². The third kappa shape index (κ3) is 1.75. The van der Waals surface area contributed by atoms with E-state index < -0.39 is 0 Å². The van der Waals surface area contributed by atoms with Crippen LogP contribution in [-0.4, -0.2) is 5.50 Å². The Balaban J connectivity index is 2.09. The van der Waals surface area contributed by atoms with Crippen LogP contribution in [0, 0.1) is 0 Å². The maximum atomic E-state index is 6.16. The lowest BCUT2D eigenvalue weighted by molar-refractivity contribution is 0.933. The minimum atomic E-state index is -0.0887. The van der Waals surface area contributed by atoms with E-state index in [-0.39, 0.29) is 5.50 Å². The smallest absolute Gasteiger partial charge is 0.134 e. The summed E-state index contributed by atoms with van der Waals surface area (Å²) in [5, 5.41) is 0. The second kappa shape index (κ2) is 3.98. The molecule has 0 fully saturated rings. The molecule has 4 heteroatoms. The van der Waals surface area contributed by atoms with Crippen molar-refractivity contribution in [3.05, 3.63) is 48.5 Å². The summed E-state index contributed by atoms with van der Waals surface area (Å²) >= 11 is 1.63. The summed E-state index contributed by atoms with van der Waals surface area (Å²) in [4.78, 5) is 3.26. The zero-order valence-electron chi connectivity index (χ0n) is 9.21. The summed E-state index contributed by atoms with van der Waals surface area (Å²) in [7, 11) is 0. The summed E-state index contributed by atoms with van der Waals surface area (Å²) in [5.74, 6) is 0. The molecule has 17 heavy (non-hydrogen) atoms. The molecule has 1 unspecified atom stereocenters. The van der Waals surface area contributed by atoms with Gasteiger partial charge in [-0.05, 0) is 30.3 Å². The third-order valence-corrected chi connectivity index (χ3v) is 3.81. The Labute approximate surface area is 104 Å². The van der Waals surface area contributed by atoms with Crippen molar-refractivity contribution in [3.63, 3.8) is 0 Å². The molecule has 0 radical (unpaired) electrons. The highest BCUT2D eigenvalue weighted by molar-refractivity contribution is 8.00. The molecule has 1 atom stereocenters. The molecule has 86 valence electrons. The Hall–Kier alpha value is -1.65. The monoisotopic (exact) mass is 243 g/mol. The van der Waals surface area contributed by atoms with Gasteiger partial charge in [0.05, 0.1) is 5.69 Å². The summed E-state index contributed by atoms with van der Waals surface area (Å²) in [6, 6.07) is 16.1. The zero-order valence-corrected chi connectivity index (χ0v) is 10.0. The molecule has 3 rings (SSSR count). The number of benzene rings is 2. The zero-order chi connectivity index (χ0) is 11.8. The summed E-state index contributed by atoms with van der Waals surface area (Å²) in [6.45, 7) is 0. The van der Waals surface area contributed by atoms with Crippen LogP contribution in [0.5, 0.6) is 0 Å². The number of fused-ring (bicyclic) bond motifs is 1. The maximum Gasteiger partial charge on any atom is 0.134 e. The van der Waals surface area contributed by atoms with Crippen LogP contribution in [0.4, 0.5) is 17.1 Å². The molecule has 0 saturated carbocycles. The number of nitrogen functional groups attached to an aromatic ring is 1. The van der Waals surface area contributed by atoms with Gasteiger partial charge in [-0.3, -0.25) is 0 Å². The molecule has 0 aliphatic carbocycles. The summed E-state index contributed by atoms with van der Waals surface area (Å²) < 4.78 is 0. The van der Waals surface area contributed by atoms with Crippen molar-refractivity contribution in [2.24, 2.45) is 5.73 Å². The topological polar surface area (TPSA) is 55.3 Å². The maximum absolute atomic E-state index is 6.16. The molecule has 0 saturated heterocycles. The number of nitrogens with zero attached hydrogens (tertiary/aromatic N) is 1. The fourth-order valence-electron chi connectivity index (χ4n) is 2.02. The first kappa shape index (κ1) is 10.5. The molecular weight excluding hydrogens is 230 g/mol. The van der Waals surface area contributed by atoms with Crippen molar-refractivity contribution in [3.8, 4) is 0 Å². The molecule has 1 heterocycles. The molecule has 1 aliphatic heterocycles. The molecule has 4 N–H and O–H groups in total. The van der Waals surface area contributed by atoms with Crippen molar-refractivity contribution in [1.82, 2.24) is 0 Å². The minimum Gasteiger partial charge on any atom is -0.399 e. The lowest BCUT2D eigenvalue weighted by atomic mass is 10.2. The van der Waals surface area contributed by atoms with E-state index in [1.165, 1.54) is 0 Å². The average molecular weight is 243 g/mol. The SMILES string of the molecule is Nc1ccc2c(c1)SC(N)N2c1ccccc1. The molecule has 3 nitrogen and oxygen atoms in total. The largest absolute Gasteiger partial charge is 0.399 e. The van der Waals surface area contributed by atoms with Gasteiger partial charge in [-0.1, -0.05) is 30.0 Å². The second-order valence-corrected chi connectivity index (χ2v) is 5.10. The predicted molar refractivity (Wildman–Crippen MR) is 73.3 cm³/mol. The summed E-state index contributed by atoms with van der Waals surface area (Å²) in [6.07, 6.45) is 0. The molecule has 2 aromatic rings. The van der Waals surface area contributed by atoms with Gasteiger partial charge in [0, 0.05) is 16.3 Å². The number of anilines is 3. The van der Waals surface area contributed by atoms with Crippen LogP contribution in [0.1, 0.15) is 0 Å². The Morgan fingerprint density at radius 1 is 1.06 bits per heavy atom. The molecule has 0 amide bonds. The molecular formula is C13H13N3S. The van der Waals surface area contributed by atoms with Crippen molar-refractivity contribution in [2.45, 2.75) is 10.4 Å². The normalized spacial score (nSPS) is 18.2. The van der Waals surface area contributed by atoms with Gasteiger partial charge >= 0.3 is 0 Å². The standard InChI is InChI=1S/C13H13N3S/c14-9-6-7-11-12(8-9)17-13(15)16(11)10-4-2-1-3-5-10/h1-8,13H,14-15H2. The van der Waals surface area contributed by atoms with Gasteiger partial charge in [0.15, 0.2) is 0 Å². The fourth-order valence-corrected chi connectivity index (χ4v) is 3.11. The van der Waals surface area contributed by atoms with E-state index in [0.717, 1.165) is 22.0 Å². The van der Waals surface area contributed by atoms with Crippen LogP contribution < -0.4 is 16.4 Å². The van der Waals surface area contributed by atoms with Gasteiger partial charge in [0.25, 0.3) is 0 Å². The number of hydrogen-bond acceptors (Lipinski definition) is 4. The Morgan fingerprint density at radius 3 is 2.59 bits per heavy atom. The Bertz CT molecular complexity index is 542. The number of hydrogen-bond donors (Lipinski definition) is 2. The first-order chi connectivity index (χ1) is 8.25. The molecule has 0 bridgehead atoms. The highest BCUT2D eigenvalue weighted by Crippen LogP contribution is 2.45. The molecule has 0 spiro atoms. The van der Waals surface area contributed by atoms with E-state index in [9.17, 15) is 0 Å². The van der Waals surface area contributed by atoms with E-state index in [1.807, 2.05) is 36.4 Å². The second-order valence-electron chi connectivity index (χ2n) is 3.94. The van der Waals surface area contributed by atoms with E-state index in [4.69, 9.17) is 11.5 Å². The number of para-hydroxylation sites is 1. The van der Waals surface area contributed by atoms with Crippen molar-refractivity contribution in [2.75, 3.05) is 10.6 Å². The van der Waals surface area contributed by atoms with Gasteiger partial charge in [-0.2, -0.15) is 0 Å². The number of nitrogens with two attached hydrogens (primary N) is 2. The van der Waals surface area contributed by atoms with E-state index in [2.05, 4.69) is 17.0 Å². The number of thioether (sulfide) groups is 1. The molecule has 2 aromatic carbocycles. The Morgan fingerprint density at radius 2 is 1.82 bits per heavy atom. The van der Waals surface area contributed by atoms with Crippen LogP contribution in [0.15, 0.2) is 53.4 Å². The van der Waals surface area contributed by atoms with Crippen molar-refractivity contribution < 1.29 is 0 Å². The lowest BCUT2D eigenvalue weighted by Gasteiger charge is -2.23. The van der Waals surface area contributed by atoms with Gasteiger partial charge in [0.2, 0.25) is 0 Å². The quantitative estimate of drug-likeness (QED) is 0.756. The van der Waals surface area contributed by atoms with Gasteiger partial charge in [-0.25, -0.2) is 0 Å². The van der Waals surface area contributed by atoms with Crippen LogP contribution in [0.25, 0.3) is 0 Å². The fraction of sp³-hybridized carbons (Fsp3) is 0.0769. The number of rotatable bonds is 1. The van der Waals surface area contributed by atoms with E-state index in [1.54, 1.807) is 11.8 Å². The summed E-state index contributed by atoms with van der Waals surface area (Å²) in [5.41, 5.74) is 14.9. The lowest BCUT2D eigenvalue weighted by Crippen LogP contribution is -2.31. The highest BCUT2D eigenvalue weighted by Gasteiger charge is 2.28.